The van der Waals surface area contributed by atoms with Gasteiger partial charge in [-0.1, -0.05) is 17.7 Å². The van der Waals surface area contributed by atoms with Gasteiger partial charge in [-0.15, -0.1) is 0 Å². The van der Waals surface area contributed by atoms with Gasteiger partial charge in [0.25, 0.3) is 0 Å². The number of methoxy groups -OCH3 is 1. The number of halogens is 4. The van der Waals surface area contributed by atoms with Crippen molar-refractivity contribution in [1.82, 2.24) is 19.8 Å². The number of fused-ring (bicyclic) bond motifs is 1. The fourth-order valence-electron chi connectivity index (χ4n) is 6.12. The van der Waals surface area contributed by atoms with E-state index in [1.807, 2.05) is 11.9 Å². The summed E-state index contributed by atoms with van der Waals surface area (Å²) < 4.78 is 53.6. The first-order valence-corrected chi connectivity index (χ1v) is 14.4. The van der Waals surface area contributed by atoms with E-state index in [9.17, 15) is 28.3 Å². The smallest absolute Gasteiger partial charge is 0.419 e. The summed E-state index contributed by atoms with van der Waals surface area (Å²) in [5, 5.41) is 18.6. The van der Waals surface area contributed by atoms with Crippen molar-refractivity contribution in [2.75, 3.05) is 63.3 Å². The number of rotatable bonds is 7. The van der Waals surface area contributed by atoms with Crippen molar-refractivity contribution in [1.29, 1.82) is 5.26 Å². The Morgan fingerprint density at radius 2 is 1.98 bits per heavy atom. The quantitative estimate of drug-likeness (QED) is 0.487. The Hall–Kier alpha value is -3.54. The second-order valence-electron chi connectivity index (χ2n) is 11.0. The highest BCUT2D eigenvalue weighted by Crippen LogP contribution is 2.43. The van der Waals surface area contributed by atoms with Crippen LogP contribution in [0.4, 0.5) is 29.5 Å². The summed E-state index contributed by atoms with van der Waals surface area (Å²) in [6.07, 6.45) is -4.54. The zero-order chi connectivity index (χ0) is 30.9. The molecule has 4 heterocycles. The molecule has 1 N–H and O–H groups in total. The van der Waals surface area contributed by atoms with E-state index >= 15 is 0 Å². The number of carboxylic acid groups (broad SMARTS) is 1. The van der Waals surface area contributed by atoms with Crippen molar-refractivity contribution in [2.45, 2.75) is 50.2 Å². The molecular formula is C28H33ClF3N7O4. The Balaban J connectivity index is 1.48. The Morgan fingerprint density at radius 1 is 1.19 bits per heavy atom. The number of piperazine rings is 1. The van der Waals surface area contributed by atoms with Crippen LogP contribution in [0, 0.1) is 11.3 Å². The molecule has 15 heteroatoms. The Labute approximate surface area is 252 Å². The lowest BCUT2D eigenvalue weighted by molar-refractivity contribution is -0.137. The van der Waals surface area contributed by atoms with Gasteiger partial charge in [-0.2, -0.15) is 28.4 Å². The summed E-state index contributed by atoms with van der Waals surface area (Å²) in [6, 6.07) is 5.76. The van der Waals surface area contributed by atoms with Crippen LogP contribution < -0.4 is 14.5 Å². The number of likely N-dealkylation sites (tertiary alicyclic amines) is 1. The average molecular weight is 624 g/mol. The number of nitriles is 1. The molecule has 0 spiro atoms. The Morgan fingerprint density at radius 3 is 2.65 bits per heavy atom. The van der Waals surface area contributed by atoms with E-state index in [1.54, 1.807) is 12.0 Å². The average Bonchev–Trinajstić information content (AvgIpc) is 3.33. The maximum absolute atomic E-state index is 14.0. The number of aromatic nitrogens is 2. The molecule has 2 aromatic rings. The second-order valence-corrected chi connectivity index (χ2v) is 11.4. The highest BCUT2D eigenvalue weighted by atomic mass is 35.5. The van der Waals surface area contributed by atoms with Crippen molar-refractivity contribution in [3.63, 3.8) is 0 Å². The number of anilines is 2. The minimum atomic E-state index is -4.65. The van der Waals surface area contributed by atoms with Crippen LogP contribution in [0.1, 0.15) is 29.7 Å². The zero-order valence-electron chi connectivity index (χ0n) is 23.8. The Kier molecular flexibility index (Phi) is 9.05. The standard InChI is InChI=1S/C28H33ClF3N7O4/c1-36-14-19(42-2)12-18(36)16-43-26-34-22-15-37(23-5-3-4-21(29)24(23)28(30,31)32)9-7-20(22)25(35-26)38-10-11-39(27(40)41)17(13-38)6-8-33/h3-5,17-19H,6-7,9-16H2,1-2H3,(H,40,41)/t17-,18-,19+/m0/s1. The number of nitrogens with zero attached hydrogens (tertiary/aromatic N) is 7. The van der Waals surface area contributed by atoms with Crippen molar-refractivity contribution < 1.29 is 32.5 Å². The van der Waals surface area contributed by atoms with Gasteiger partial charge in [-0.3, -0.25) is 4.90 Å². The summed E-state index contributed by atoms with van der Waals surface area (Å²) in [5.74, 6) is 0.546. The predicted octanol–water partition coefficient (Wildman–Crippen LogP) is 3.89. The zero-order valence-corrected chi connectivity index (χ0v) is 24.6. The first kappa shape index (κ1) is 30.9. The van der Waals surface area contributed by atoms with Crippen LogP contribution in [0.25, 0.3) is 0 Å². The maximum atomic E-state index is 14.0. The second kappa shape index (κ2) is 12.6. The largest absolute Gasteiger partial charge is 0.465 e. The molecule has 0 aliphatic carbocycles. The van der Waals surface area contributed by atoms with Crippen molar-refractivity contribution >= 4 is 29.2 Å². The molecule has 2 fully saturated rings. The van der Waals surface area contributed by atoms with Gasteiger partial charge in [-0.05, 0) is 32.0 Å². The van der Waals surface area contributed by atoms with Gasteiger partial charge in [0.15, 0.2) is 0 Å². The number of alkyl halides is 3. The molecule has 1 aromatic carbocycles. The maximum Gasteiger partial charge on any atom is 0.419 e. The highest BCUT2D eigenvalue weighted by molar-refractivity contribution is 6.31. The number of carbonyl (C=O) groups is 1. The molecule has 5 rings (SSSR count). The molecule has 0 bridgehead atoms. The Bertz CT molecular complexity index is 1390. The number of hydrogen-bond acceptors (Lipinski definition) is 9. The van der Waals surface area contributed by atoms with Crippen LogP contribution in [0.5, 0.6) is 6.01 Å². The summed E-state index contributed by atoms with van der Waals surface area (Å²) in [6.45, 7) is 2.10. The molecule has 3 aliphatic heterocycles. The first-order chi connectivity index (χ1) is 20.5. The van der Waals surface area contributed by atoms with Gasteiger partial charge in [0, 0.05) is 51.4 Å². The van der Waals surface area contributed by atoms with Crippen LogP contribution in [-0.2, 0) is 23.9 Å². The number of hydrogen-bond donors (Lipinski definition) is 1. The molecule has 1 aromatic heterocycles. The van der Waals surface area contributed by atoms with Gasteiger partial charge < -0.3 is 29.3 Å². The summed E-state index contributed by atoms with van der Waals surface area (Å²) in [4.78, 5) is 28.1. The highest BCUT2D eigenvalue weighted by Gasteiger charge is 2.39. The van der Waals surface area contributed by atoms with Crippen LogP contribution in [0.15, 0.2) is 18.2 Å². The summed E-state index contributed by atoms with van der Waals surface area (Å²) >= 11 is 6.01. The van der Waals surface area contributed by atoms with Crippen LogP contribution >= 0.6 is 11.6 Å². The molecule has 3 aliphatic rings. The lowest BCUT2D eigenvalue weighted by Crippen LogP contribution is -2.55. The molecule has 2 saturated heterocycles. The lowest BCUT2D eigenvalue weighted by Gasteiger charge is -2.41. The minimum Gasteiger partial charge on any atom is -0.465 e. The third-order valence-corrected chi connectivity index (χ3v) is 8.70. The third-order valence-electron chi connectivity index (χ3n) is 8.38. The molecule has 232 valence electrons. The van der Waals surface area contributed by atoms with Gasteiger partial charge in [-0.25, -0.2) is 4.79 Å². The van der Waals surface area contributed by atoms with Crippen LogP contribution in [-0.4, -0.2) is 103 Å². The van der Waals surface area contributed by atoms with E-state index in [0.717, 1.165) is 18.5 Å². The molecule has 3 atom stereocenters. The third kappa shape index (κ3) is 6.53. The number of benzene rings is 1. The van der Waals surface area contributed by atoms with E-state index < -0.39 is 23.9 Å². The van der Waals surface area contributed by atoms with Gasteiger partial charge in [0.2, 0.25) is 0 Å². The molecule has 1 amide bonds. The van der Waals surface area contributed by atoms with Gasteiger partial charge in [0.1, 0.15) is 12.4 Å². The first-order valence-electron chi connectivity index (χ1n) is 14.0. The fraction of sp³-hybridized carbons (Fsp3) is 0.571. The van der Waals surface area contributed by atoms with Crippen molar-refractivity contribution in [2.24, 2.45) is 0 Å². The predicted molar refractivity (Wildman–Crippen MR) is 152 cm³/mol. The minimum absolute atomic E-state index is 0.0108. The lowest BCUT2D eigenvalue weighted by atomic mass is 10.0. The fourth-order valence-corrected chi connectivity index (χ4v) is 6.40. The molecule has 11 nitrogen and oxygen atoms in total. The summed E-state index contributed by atoms with van der Waals surface area (Å²) in [5.41, 5.74) is 0.352. The van der Waals surface area contributed by atoms with Crippen LogP contribution in [0.3, 0.4) is 0 Å². The van der Waals surface area contributed by atoms with E-state index in [-0.39, 0.29) is 68.1 Å². The molecule has 0 unspecified atom stereocenters. The van der Waals surface area contributed by atoms with Gasteiger partial charge in [0.05, 0.1) is 53.1 Å². The van der Waals surface area contributed by atoms with E-state index in [2.05, 4.69) is 16.0 Å². The van der Waals surface area contributed by atoms with E-state index in [4.69, 9.17) is 26.1 Å². The number of likely N-dealkylation sites (N-methyl/N-ethyl adjacent to an activating group) is 1. The normalized spacial score (nSPS) is 22.8. The molecule has 0 saturated carbocycles. The van der Waals surface area contributed by atoms with Crippen LogP contribution in [0.2, 0.25) is 5.02 Å². The topological polar surface area (TPSA) is 118 Å². The molecular weight excluding hydrogens is 591 g/mol. The summed E-state index contributed by atoms with van der Waals surface area (Å²) in [7, 11) is 3.64. The number of amides is 1. The monoisotopic (exact) mass is 623 g/mol. The number of ether oxygens (including phenoxy) is 2. The van der Waals surface area contributed by atoms with Gasteiger partial charge >= 0.3 is 18.3 Å². The van der Waals surface area contributed by atoms with E-state index in [1.165, 1.54) is 23.1 Å². The molecule has 43 heavy (non-hydrogen) atoms. The molecule has 0 radical (unpaired) electrons. The SMILES string of the molecule is CO[C@@H]1C[C@@H](COc2nc3c(c(N4CCN(C(=O)O)[C@@H](CC#N)C4)n2)CCN(c2cccc(Cl)c2C(F)(F)F)C3)N(C)C1. The van der Waals surface area contributed by atoms with Crippen molar-refractivity contribution in [3.05, 3.63) is 40.0 Å². The van der Waals surface area contributed by atoms with E-state index in [0.29, 0.717) is 24.5 Å². The van der Waals surface area contributed by atoms with Crippen molar-refractivity contribution in [3.8, 4) is 12.1 Å².